The maximum atomic E-state index is 13.5. The summed E-state index contributed by atoms with van der Waals surface area (Å²) in [5, 5.41) is 5.22. The third kappa shape index (κ3) is 7.63. The van der Waals surface area contributed by atoms with Crippen LogP contribution in [-0.2, 0) is 4.79 Å². The van der Waals surface area contributed by atoms with Gasteiger partial charge < -0.3 is 15.5 Å². The third-order valence-electron chi connectivity index (χ3n) is 3.28. The molecule has 26 heavy (non-hydrogen) atoms. The standard InChI is InChI=1S/C17H23F3N4O.HI/c1-4-6-7-10-24(3)17(21-5-2)22-11-14(25)23-13-9-8-12(18)15(19)16(13)20;/h4,8-9H,1,5-7,10-11H2,2-3H3,(H,21,22)(H,23,25);1H. The zero-order valence-corrected chi connectivity index (χ0v) is 17.1. The number of unbranched alkanes of at least 4 members (excludes halogenated alkanes) is 1. The molecule has 5 nitrogen and oxygen atoms in total. The van der Waals surface area contributed by atoms with E-state index < -0.39 is 29.0 Å². The van der Waals surface area contributed by atoms with Crippen molar-refractivity contribution in [3.8, 4) is 0 Å². The van der Waals surface area contributed by atoms with Crippen molar-refractivity contribution in [1.29, 1.82) is 0 Å². The summed E-state index contributed by atoms with van der Waals surface area (Å²) < 4.78 is 39.6. The molecule has 0 fully saturated rings. The van der Waals surface area contributed by atoms with Crippen LogP contribution in [0.2, 0.25) is 0 Å². The Labute approximate surface area is 168 Å². The van der Waals surface area contributed by atoms with Gasteiger partial charge in [0, 0.05) is 20.1 Å². The quantitative estimate of drug-likeness (QED) is 0.148. The smallest absolute Gasteiger partial charge is 0.246 e. The van der Waals surface area contributed by atoms with Gasteiger partial charge in [0.2, 0.25) is 5.91 Å². The van der Waals surface area contributed by atoms with Gasteiger partial charge in [-0.2, -0.15) is 0 Å². The molecule has 0 aliphatic heterocycles. The lowest BCUT2D eigenvalue weighted by Crippen LogP contribution is -2.40. The normalized spacial score (nSPS) is 10.7. The van der Waals surface area contributed by atoms with Crippen molar-refractivity contribution in [3.63, 3.8) is 0 Å². The minimum atomic E-state index is -1.63. The number of guanidine groups is 1. The Morgan fingerprint density at radius 3 is 2.62 bits per heavy atom. The summed E-state index contributed by atoms with van der Waals surface area (Å²) in [5.74, 6) is -4.50. The van der Waals surface area contributed by atoms with Crippen LogP contribution in [0.15, 0.2) is 29.8 Å². The van der Waals surface area contributed by atoms with Crippen molar-refractivity contribution in [3.05, 3.63) is 42.2 Å². The first-order valence-electron chi connectivity index (χ1n) is 7.94. The maximum Gasteiger partial charge on any atom is 0.246 e. The Kier molecular flexibility index (Phi) is 11.7. The molecule has 0 heterocycles. The zero-order valence-electron chi connectivity index (χ0n) is 14.8. The fraction of sp³-hybridized carbons (Fsp3) is 0.412. The monoisotopic (exact) mass is 484 g/mol. The van der Waals surface area contributed by atoms with E-state index in [2.05, 4.69) is 22.2 Å². The molecule has 0 aliphatic rings. The van der Waals surface area contributed by atoms with Gasteiger partial charge in [0.25, 0.3) is 0 Å². The fourth-order valence-corrected chi connectivity index (χ4v) is 2.01. The lowest BCUT2D eigenvalue weighted by Gasteiger charge is -2.21. The van der Waals surface area contributed by atoms with Crippen LogP contribution in [0.1, 0.15) is 19.8 Å². The molecule has 0 saturated heterocycles. The van der Waals surface area contributed by atoms with E-state index in [4.69, 9.17) is 0 Å². The molecule has 1 amide bonds. The molecular weight excluding hydrogens is 460 g/mol. The average molecular weight is 484 g/mol. The number of nitrogens with zero attached hydrogens (tertiary/aromatic N) is 2. The zero-order chi connectivity index (χ0) is 18.8. The third-order valence-corrected chi connectivity index (χ3v) is 3.28. The maximum absolute atomic E-state index is 13.5. The van der Waals surface area contributed by atoms with Crippen LogP contribution in [0.25, 0.3) is 0 Å². The summed E-state index contributed by atoms with van der Waals surface area (Å²) in [4.78, 5) is 17.9. The summed E-state index contributed by atoms with van der Waals surface area (Å²) in [7, 11) is 1.83. The van der Waals surface area contributed by atoms with Gasteiger partial charge >= 0.3 is 0 Å². The number of amides is 1. The number of aliphatic imine (C=N–C) groups is 1. The molecule has 2 N–H and O–H groups in total. The highest BCUT2D eigenvalue weighted by atomic mass is 127. The fourth-order valence-electron chi connectivity index (χ4n) is 2.01. The number of nitrogens with one attached hydrogen (secondary N) is 2. The molecule has 0 unspecified atom stereocenters. The molecular formula is C17H24F3IN4O. The molecule has 0 atom stereocenters. The van der Waals surface area contributed by atoms with Crippen molar-refractivity contribution in [2.24, 2.45) is 4.99 Å². The van der Waals surface area contributed by atoms with Gasteiger partial charge in [-0.25, -0.2) is 18.2 Å². The van der Waals surface area contributed by atoms with Crippen LogP contribution >= 0.6 is 24.0 Å². The number of carbonyl (C=O) groups is 1. The van der Waals surface area contributed by atoms with Crippen molar-refractivity contribution in [2.75, 3.05) is 32.0 Å². The molecule has 0 aromatic heterocycles. The minimum Gasteiger partial charge on any atom is -0.357 e. The predicted octanol–water partition coefficient (Wildman–Crippen LogP) is 3.52. The highest BCUT2D eigenvalue weighted by Crippen LogP contribution is 2.19. The van der Waals surface area contributed by atoms with E-state index in [1.165, 1.54) is 0 Å². The second-order valence-corrected chi connectivity index (χ2v) is 5.29. The number of allylic oxidation sites excluding steroid dienone is 1. The van der Waals surface area contributed by atoms with Gasteiger partial charge in [-0.05, 0) is 31.9 Å². The summed E-state index contributed by atoms with van der Waals surface area (Å²) in [5.41, 5.74) is -0.427. The van der Waals surface area contributed by atoms with Crippen LogP contribution < -0.4 is 10.6 Å². The molecule has 1 aromatic carbocycles. The number of hydrogen-bond donors (Lipinski definition) is 2. The van der Waals surface area contributed by atoms with Crippen LogP contribution in [-0.4, -0.2) is 43.4 Å². The lowest BCUT2D eigenvalue weighted by molar-refractivity contribution is -0.114. The van der Waals surface area contributed by atoms with Crippen LogP contribution in [0.5, 0.6) is 0 Å². The summed E-state index contributed by atoms with van der Waals surface area (Å²) >= 11 is 0. The van der Waals surface area contributed by atoms with E-state index in [0.717, 1.165) is 31.5 Å². The second-order valence-electron chi connectivity index (χ2n) is 5.29. The Hall–Kier alpha value is -1.78. The molecule has 146 valence electrons. The van der Waals surface area contributed by atoms with E-state index in [1.807, 2.05) is 24.9 Å². The SMILES string of the molecule is C=CCCCN(C)C(=NCC(=O)Nc1ccc(F)c(F)c1F)NCC.I. The Bertz CT molecular complexity index is 641. The summed E-state index contributed by atoms with van der Waals surface area (Å²) in [6.07, 6.45) is 3.57. The Balaban J connectivity index is 0.00000625. The van der Waals surface area contributed by atoms with E-state index in [9.17, 15) is 18.0 Å². The predicted molar refractivity (Wildman–Crippen MR) is 108 cm³/mol. The molecule has 0 radical (unpaired) electrons. The van der Waals surface area contributed by atoms with Crippen molar-refractivity contribution >= 4 is 41.5 Å². The van der Waals surface area contributed by atoms with Crippen LogP contribution in [0.4, 0.5) is 18.9 Å². The van der Waals surface area contributed by atoms with Gasteiger partial charge in [0.05, 0.1) is 5.69 Å². The van der Waals surface area contributed by atoms with E-state index in [-0.39, 0.29) is 30.5 Å². The topological polar surface area (TPSA) is 56.7 Å². The molecule has 0 spiro atoms. The molecule has 0 saturated carbocycles. The van der Waals surface area contributed by atoms with Crippen molar-refractivity contribution < 1.29 is 18.0 Å². The van der Waals surface area contributed by atoms with Crippen LogP contribution in [0, 0.1) is 17.5 Å². The average Bonchev–Trinajstić information content (AvgIpc) is 2.59. The summed E-state index contributed by atoms with van der Waals surface area (Å²) in [6.45, 7) is 6.60. The van der Waals surface area contributed by atoms with Crippen molar-refractivity contribution in [1.82, 2.24) is 10.2 Å². The van der Waals surface area contributed by atoms with Gasteiger partial charge in [0.1, 0.15) is 6.54 Å². The van der Waals surface area contributed by atoms with Gasteiger partial charge in [-0.3, -0.25) is 4.79 Å². The Morgan fingerprint density at radius 1 is 1.31 bits per heavy atom. The van der Waals surface area contributed by atoms with Gasteiger partial charge in [0.15, 0.2) is 23.4 Å². The minimum absolute atomic E-state index is 0. The number of halogens is 4. The molecule has 9 heteroatoms. The van der Waals surface area contributed by atoms with E-state index in [0.29, 0.717) is 12.5 Å². The Morgan fingerprint density at radius 2 is 2.00 bits per heavy atom. The molecule has 0 bridgehead atoms. The highest BCUT2D eigenvalue weighted by molar-refractivity contribution is 14.0. The number of hydrogen-bond acceptors (Lipinski definition) is 2. The van der Waals surface area contributed by atoms with Crippen molar-refractivity contribution in [2.45, 2.75) is 19.8 Å². The van der Waals surface area contributed by atoms with Gasteiger partial charge in [-0.15, -0.1) is 30.6 Å². The van der Waals surface area contributed by atoms with Crippen LogP contribution in [0.3, 0.4) is 0 Å². The number of rotatable bonds is 8. The molecule has 0 aliphatic carbocycles. The van der Waals surface area contributed by atoms with E-state index >= 15 is 0 Å². The first-order chi connectivity index (χ1) is 11.9. The van der Waals surface area contributed by atoms with Gasteiger partial charge in [-0.1, -0.05) is 6.08 Å². The number of carbonyl (C=O) groups excluding carboxylic acids is 1. The molecule has 1 aromatic rings. The number of anilines is 1. The summed E-state index contributed by atoms with van der Waals surface area (Å²) in [6, 6.07) is 1.71. The largest absolute Gasteiger partial charge is 0.357 e. The lowest BCUT2D eigenvalue weighted by atomic mass is 10.2. The molecule has 1 rings (SSSR count). The second kappa shape index (κ2) is 12.6. The van der Waals surface area contributed by atoms with E-state index in [1.54, 1.807) is 0 Å². The highest BCUT2D eigenvalue weighted by Gasteiger charge is 2.15. The first-order valence-corrected chi connectivity index (χ1v) is 7.94. The number of benzene rings is 1. The first kappa shape index (κ1) is 24.2.